The van der Waals surface area contributed by atoms with Gasteiger partial charge in [0.15, 0.2) is 5.82 Å². The molecule has 2 atom stereocenters. The minimum atomic E-state index is -0.466. The van der Waals surface area contributed by atoms with Crippen LogP contribution in [0.25, 0.3) is 0 Å². The third-order valence-electron chi connectivity index (χ3n) is 4.95. The van der Waals surface area contributed by atoms with E-state index >= 15 is 0 Å². The Kier molecular flexibility index (Phi) is 5.94. The van der Waals surface area contributed by atoms with E-state index in [2.05, 4.69) is 15.4 Å². The summed E-state index contributed by atoms with van der Waals surface area (Å²) in [6, 6.07) is 18.6. The van der Waals surface area contributed by atoms with E-state index in [9.17, 15) is 4.79 Å². The molecule has 2 unspecified atom stereocenters. The van der Waals surface area contributed by atoms with Gasteiger partial charge < -0.3 is 14.6 Å². The van der Waals surface area contributed by atoms with Gasteiger partial charge in [-0.3, -0.25) is 9.69 Å². The fourth-order valence-electron chi connectivity index (χ4n) is 3.57. The van der Waals surface area contributed by atoms with Crippen molar-refractivity contribution in [3.05, 3.63) is 82.6 Å². The first-order valence-electron chi connectivity index (χ1n) is 9.50. The number of carbonyl (C=O) groups is 1. The third-order valence-corrected chi connectivity index (χ3v) is 5.20. The number of nitrogens with zero attached hydrogens (tertiary/aromatic N) is 2. The molecule has 1 N–H and O–H groups in total. The molecule has 7 heteroatoms. The molecule has 1 aliphatic heterocycles. The number of ether oxygens (including phenoxy) is 1. The molecule has 1 aliphatic rings. The quantitative estimate of drug-likeness (QED) is 0.674. The lowest BCUT2D eigenvalue weighted by Crippen LogP contribution is -2.45. The number of aryl methyl sites for hydroxylation is 1. The number of nitrogens with one attached hydrogen (secondary N) is 1. The predicted octanol–water partition coefficient (Wildman–Crippen LogP) is 4.39. The molecular weight excluding hydrogens is 390 g/mol. The molecule has 1 saturated heterocycles. The number of amides is 1. The second kappa shape index (κ2) is 8.78. The molecule has 6 nitrogen and oxygen atoms in total. The number of halogens is 1. The van der Waals surface area contributed by atoms with Crippen molar-refractivity contribution in [2.75, 3.05) is 25.0 Å². The molecule has 0 saturated carbocycles. The summed E-state index contributed by atoms with van der Waals surface area (Å²) in [5.41, 5.74) is 1.96. The molecule has 3 aromatic rings. The van der Waals surface area contributed by atoms with E-state index in [4.69, 9.17) is 20.9 Å². The molecule has 2 aromatic carbocycles. The summed E-state index contributed by atoms with van der Waals surface area (Å²) in [5, 5.41) is 7.45. The van der Waals surface area contributed by atoms with Crippen molar-refractivity contribution in [2.24, 2.45) is 0 Å². The summed E-state index contributed by atoms with van der Waals surface area (Å²) in [4.78, 5) is 15.4. The second-order valence-corrected chi connectivity index (χ2v) is 7.47. The van der Waals surface area contributed by atoms with Gasteiger partial charge in [-0.2, -0.15) is 0 Å². The zero-order chi connectivity index (χ0) is 20.2. The van der Waals surface area contributed by atoms with Crippen LogP contribution < -0.4 is 5.32 Å². The molecular formula is C22H22ClN3O3. The van der Waals surface area contributed by atoms with E-state index in [-0.39, 0.29) is 12.0 Å². The van der Waals surface area contributed by atoms with Crippen LogP contribution in [-0.2, 0) is 9.53 Å². The van der Waals surface area contributed by atoms with Gasteiger partial charge in [0.25, 0.3) is 0 Å². The SMILES string of the molecule is Cc1cc(NC(=O)C(c2ccccc2)N2CCOC(c3ccc(Cl)cc3)C2)no1. The number of anilines is 1. The molecule has 2 heterocycles. The summed E-state index contributed by atoms with van der Waals surface area (Å²) < 4.78 is 11.0. The molecule has 1 amide bonds. The van der Waals surface area contributed by atoms with Crippen molar-refractivity contribution in [2.45, 2.75) is 19.1 Å². The fourth-order valence-corrected chi connectivity index (χ4v) is 3.69. The van der Waals surface area contributed by atoms with Crippen LogP contribution in [0, 0.1) is 6.92 Å². The third kappa shape index (κ3) is 4.67. The van der Waals surface area contributed by atoms with E-state index in [1.54, 1.807) is 13.0 Å². The number of rotatable bonds is 5. The molecule has 1 fully saturated rings. The number of aromatic nitrogens is 1. The maximum atomic E-state index is 13.2. The summed E-state index contributed by atoms with van der Waals surface area (Å²) in [6.45, 7) is 3.56. The molecule has 4 rings (SSSR count). The Bertz CT molecular complexity index is 959. The highest BCUT2D eigenvalue weighted by molar-refractivity contribution is 6.30. The van der Waals surface area contributed by atoms with Crippen LogP contribution in [0.5, 0.6) is 0 Å². The Hall–Kier alpha value is -2.67. The topological polar surface area (TPSA) is 67.6 Å². The van der Waals surface area contributed by atoms with Crippen molar-refractivity contribution in [1.29, 1.82) is 0 Å². The van der Waals surface area contributed by atoms with Gasteiger partial charge in [0.2, 0.25) is 5.91 Å². The largest absolute Gasteiger partial charge is 0.371 e. The molecule has 0 aliphatic carbocycles. The van der Waals surface area contributed by atoms with Crippen LogP contribution in [0.4, 0.5) is 5.82 Å². The van der Waals surface area contributed by atoms with E-state index in [1.807, 2.05) is 54.6 Å². The normalized spacial score (nSPS) is 18.3. The Morgan fingerprint density at radius 1 is 1.21 bits per heavy atom. The smallest absolute Gasteiger partial charge is 0.247 e. The van der Waals surface area contributed by atoms with Crippen molar-refractivity contribution < 1.29 is 14.1 Å². The minimum Gasteiger partial charge on any atom is -0.371 e. The van der Waals surface area contributed by atoms with E-state index in [1.165, 1.54) is 0 Å². The highest BCUT2D eigenvalue weighted by Crippen LogP contribution is 2.30. The zero-order valence-corrected chi connectivity index (χ0v) is 16.8. The van der Waals surface area contributed by atoms with Crippen LogP contribution >= 0.6 is 11.6 Å². The van der Waals surface area contributed by atoms with Gasteiger partial charge in [0, 0.05) is 24.2 Å². The highest BCUT2D eigenvalue weighted by Gasteiger charge is 2.33. The van der Waals surface area contributed by atoms with E-state index in [0.29, 0.717) is 36.3 Å². The van der Waals surface area contributed by atoms with Crippen LogP contribution in [0.2, 0.25) is 5.02 Å². The molecule has 0 spiro atoms. The summed E-state index contributed by atoms with van der Waals surface area (Å²) in [7, 11) is 0. The Balaban J connectivity index is 1.58. The Morgan fingerprint density at radius 2 is 1.97 bits per heavy atom. The fraction of sp³-hybridized carbons (Fsp3) is 0.273. The van der Waals surface area contributed by atoms with Crippen LogP contribution in [-0.4, -0.2) is 35.7 Å². The van der Waals surface area contributed by atoms with Crippen molar-refractivity contribution in [1.82, 2.24) is 10.1 Å². The number of carbonyl (C=O) groups excluding carboxylic acids is 1. The van der Waals surface area contributed by atoms with Crippen molar-refractivity contribution in [3.8, 4) is 0 Å². The molecule has 29 heavy (non-hydrogen) atoms. The molecule has 0 radical (unpaired) electrons. The van der Waals surface area contributed by atoms with E-state index in [0.717, 1.165) is 11.1 Å². The highest BCUT2D eigenvalue weighted by atomic mass is 35.5. The van der Waals surface area contributed by atoms with Gasteiger partial charge >= 0.3 is 0 Å². The predicted molar refractivity (Wildman–Crippen MR) is 111 cm³/mol. The summed E-state index contributed by atoms with van der Waals surface area (Å²) >= 11 is 6.01. The average molecular weight is 412 g/mol. The maximum Gasteiger partial charge on any atom is 0.247 e. The van der Waals surface area contributed by atoms with Crippen molar-refractivity contribution in [3.63, 3.8) is 0 Å². The Labute approximate surface area is 174 Å². The van der Waals surface area contributed by atoms with Gasteiger partial charge in [0.1, 0.15) is 11.8 Å². The van der Waals surface area contributed by atoms with Gasteiger partial charge in [-0.15, -0.1) is 0 Å². The van der Waals surface area contributed by atoms with Gasteiger partial charge in [-0.05, 0) is 30.2 Å². The second-order valence-electron chi connectivity index (χ2n) is 7.03. The standard InChI is InChI=1S/C22H22ClN3O3/c1-15-13-20(25-29-15)24-22(27)21(17-5-3-2-4-6-17)26-11-12-28-19(14-26)16-7-9-18(23)10-8-16/h2-10,13,19,21H,11-12,14H2,1H3,(H,24,25,27). The molecule has 1 aromatic heterocycles. The maximum absolute atomic E-state index is 13.2. The van der Waals surface area contributed by atoms with E-state index < -0.39 is 6.04 Å². The lowest BCUT2D eigenvalue weighted by molar-refractivity contribution is -0.125. The first kappa shape index (κ1) is 19.6. The minimum absolute atomic E-state index is 0.130. The first-order valence-corrected chi connectivity index (χ1v) is 9.88. The first-order chi connectivity index (χ1) is 14.1. The van der Waals surface area contributed by atoms with Crippen LogP contribution in [0.3, 0.4) is 0 Å². The molecule has 150 valence electrons. The molecule has 0 bridgehead atoms. The van der Waals surface area contributed by atoms with Gasteiger partial charge in [-0.25, -0.2) is 0 Å². The van der Waals surface area contributed by atoms with Crippen LogP contribution in [0.1, 0.15) is 29.0 Å². The summed E-state index contributed by atoms with van der Waals surface area (Å²) in [6.07, 6.45) is -0.130. The zero-order valence-electron chi connectivity index (χ0n) is 16.0. The number of hydrogen-bond acceptors (Lipinski definition) is 5. The van der Waals surface area contributed by atoms with Gasteiger partial charge in [-0.1, -0.05) is 59.2 Å². The lowest BCUT2D eigenvalue weighted by Gasteiger charge is -2.37. The number of morpholine rings is 1. The number of hydrogen-bond donors (Lipinski definition) is 1. The Morgan fingerprint density at radius 3 is 2.66 bits per heavy atom. The van der Waals surface area contributed by atoms with Gasteiger partial charge in [0.05, 0.1) is 12.7 Å². The average Bonchev–Trinajstić information content (AvgIpc) is 3.14. The van der Waals surface area contributed by atoms with Crippen molar-refractivity contribution >= 4 is 23.3 Å². The monoisotopic (exact) mass is 411 g/mol. The summed E-state index contributed by atoms with van der Waals surface area (Å²) in [5.74, 6) is 0.905. The lowest BCUT2D eigenvalue weighted by atomic mass is 10.0. The number of benzene rings is 2. The van der Waals surface area contributed by atoms with Crippen LogP contribution in [0.15, 0.2) is 65.2 Å².